The van der Waals surface area contributed by atoms with Crippen molar-refractivity contribution in [2.75, 3.05) is 19.1 Å². The normalized spacial score (nSPS) is 11.8. The summed E-state index contributed by atoms with van der Waals surface area (Å²) in [6.07, 6.45) is 2.48. The molecule has 0 aliphatic rings. The maximum Gasteiger partial charge on any atom is 0.328 e. The lowest BCUT2D eigenvalue weighted by molar-refractivity contribution is -0.142. The van der Waals surface area contributed by atoms with Crippen LogP contribution < -0.4 is 11.1 Å². The lowest BCUT2D eigenvalue weighted by atomic mass is 10.1. The molecule has 0 saturated heterocycles. The molecule has 0 bridgehead atoms. The van der Waals surface area contributed by atoms with Gasteiger partial charge in [0.15, 0.2) is 0 Å². The van der Waals surface area contributed by atoms with Crippen LogP contribution in [0.4, 0.5) is 0 Å². The van der Waals surface area contributed by atoms with Gasteiger partial charge >= 0.3 is 5.97 Å². The Hall–Kier alpha value is -1.53. The molecule has 1 atom stereocenters. The van der Waals surface area contributed by atoms with E-state index in [1.54, 1.807) is 30.0 Å². The Labute approximate surface area is 123 Å². The fourth-order valence-electron chi connectivity index (χ4n) is 1.71. The first-order valence-corrected chi connectivity index (χ1v) is 7.68. The molecule has 1 aromatic rings. The third-order valence-electron chi connectivity index (χ3n) is 2.83. The first-order valence-electron chi connectivity index (χ1n) is 6.29. The largest absolute Gasteiger partial charge is 0.467 e. The number of carbonyl (C=O) groups is 2. The fraction of sp³-hybridized carbons (Fsp3) is 0.429. The minimum atomic E-state index is -0.624. The summed E-state index contributed by atoms with van der Waals surface area (Å²) < 4.78 is 4.71. The van der Waals surface area contributed by atoms with Crippen molar-refractivity contribution in [1.29, 1.82) is 0 Å². The Bertz CT molecular complexity index is 465. The van der Waals surface area contributed by atoms with E-state index in [0.717, 1.165) is 11.3 Å². The topological polar surface area (TPSA) is 81.4 Å². The van der Waals surface area contributed by atoms with Gasteiger partial charge in [0.05, 0.1) is 7.11 Å². The number of rotatable bonds is 7. The molecule has 1 aromatic carbocycles. The summed E-state index contributed by atoms with van der Waals surface area (Å²) in [4.78, 5) is 23.8. The third-order valence-corrected chi connectivity index (χ3v) is 3.47. The second-order valence-corrected chi connectivity index (χ2v) is 5.22. The van der Waals surface area contributed by atoms with Crippen molar-refractivity contribution in [2.24, 2.45) is 5.73 Å². The number of nitrogens with two attached hydrogens (primary N) is 1. The zero-order valence-corrected chi connectivity index (χ0v) is 12.5. The summed E-state index contributed by atoms with van der Waals surface area (Å²) in [5.74, 6) is 0.0438. The number of carbonyl (C=O) groups excluding carboxylic acids is 2. The minimum Gasteiger partial charge on any atom is -0.467 e. The highest BCUT2D eigenvalue weighted by molar-refractivity contribution is 7.98. The van der Waals surface area contributed by atoms with Gasteiger partial charge < -0.3 is 15.8 Å². The lowest BCUT2D eigenvalue weighted by Crippen LogP contribution is -2.42. The van der Waals surface area contributed by atoms with E-state index in [0.29, 0.717) is 18.5 Å². The van der Waals surface area contributed by atoms with E-state index in [9.17, 15) is 9.59 Å². The number of nitrogens with one attached hydrogen (secondary N) is 1. The Balaban J connectivity index is 2.75. The lowest BCUT2D eigenvalue weighted by Gasteiger charge is -2.16. The highest BCUT2D eigenvalue weighted by atomic mass is 32.2. The Kier molecular flexibility index (Phi) is 7.11. The first-order chi connectivity index (χ1) is 9.62. The predicted octanol–water partition coefficient (Wildman–Crippen LogP) is 1.17. The summed E-state index contributed by atoms with van der Waals surface area (Å²) >= 11 is 1.61. The molecule has 20 heavy (non-hydrogen) atoms. The maximum absolute atomic E-state index is 12.1. The van der Waals surface area contributed by atoms with E-state index in [1.165, 1.54) is 7.11 Å². The van der Waals surface area contributed by atoms with Crippen molar-refractivity contribution in [3.05, 3.63) is 35.4 Å². The maximum atomic E-state index is 12.1. The summed E-state index contributed by atoms with van der Waals surface area (Å²) in [5, 5.41) is 2.70. The van der Waals surface area contributed by atoms with Crippen molar-refractivity contribution >= 4 is 23.6 Å². The molecule has 0 aliphatic carbocycles. The summed E-state index contributed by atoms with van der Waals surface area (Å²) in [5.41, 5.74) is 6.91. The van der Waals surface area contributed by atoms with Crippen LogP contribution in [0.15, 0.2) is 24.3 Å². The smallest absolute Gasteiger partial charge is 0.328 e. The van der Waals surface area contributed by atoms with Crippen molar-refractivity contribution in [3.8, 4) is 0 Å². The third kappa shape index (κ3) is 4.86. The average molecular weight is 296 g/mol. The summed E-state index contributed by atoms with van der Waals surface area (Å²) in [6, 6.07) is 6.41. The molecule has 5 nitrogen and oxygen atoms in total. The number of hydrogen-bond donors (Lipinski definition) is 2. The van der Waals surface area contributed by atoms with E-state index < -0.39 is 12.0 Å². The first kappa shape index (κ1) is 16.5. The summed E-state index contributed by atoms with van der Waals surface area (Å²) in [6.45, 7) is 0.369. The molecule has 6 heteroatoms. The van der Waals surface area contributed by atoms with Gasteiger partial charge in [0, 0.05) is 12.1 Å². The van der Waals surface area contributed by atoms with Gasteiger partial charge in [-0.2, -0.15) is 11.8 Å². The second-order valence-electron chi connectivity index (χ2n) is 4.24. The second kappa shape index (κ2) is 8.60. The van der Waals surface area contributed by atoms with Gasteiger partial charge in [0.25, 0.3) is 5.91 Å². The standard InChI is InChI=1S/C14H20N2O3S/c1-19-14(18)12(6-7-20-2)16-13(17)11-5-3-4-10(8-11)9-15/h3-5,8,12H,6-7,9,15H2,1-2H3,(H,16,17). The molecule has 0 heterocycles. The number of amides is 1. The molecule has 0 saturated carbocycles. The van der Waals surface area contributed by atoms with Gasteiger partial charge in [-0.1, -0.05) is 12.1 Å². The number of thioether (sulfide) groups is 1. The molecule has 0 fully saturated rings. The van der Waals surface area contributed by atoms with E-state index in [4.69, 9.17) is 10.5 Å². The molecule has 0 radical (unpaired) electrons. The van der Waals surface area contributed by atoms with Gasteiger partial charge in [-0.25, -0.2) is 4.79 Å². The monoisotopic (exact) mass is 296 g/mol. The predicted molar refractivity (Wildman–Crippen MR) is 80.6 cm³/mol. The Morgan fingerprint density at radius 1 is 1.45 bits per heavy atom. The zero-order valence-electron chi connectivity index (χ0n) is 11.7. The van der Waals surface area contributed by atoms with Crippen molar-refractivity contribution in [3.63, 3.8) is 0 Å². The van der Waals surface area contributed by atoms with E-state index >= 15 is 0 Å². The molecule has 1 amide bonds. The van der Waals surface area contributed by atoms with Crippen molar-refractivity contribution in [1.82, 2.24) is 5.32 Å². The molecule has 0 aliphatic heterocycles. The van der Waals surface area contributed by atoms with E-state index in [-0.39, 0.29) is 5.91 Å². The molecular formula is C14H20N2O3S. The minimum absolute atomic E-state index is 0.295. The number of esters is 1. The number of benzene rings is 1. The van der Waals surface area contributed by atoms with E-state index in [2.05, 4.69) is 5.32 Å². The van der Waals surface area contributed by atoms with Crippen LogP contribution in [0.25, 0.3) is 0 Å². The van der Waals surface area contributed by atoms with E-state index in [1.807, 2.05) is 12.3 Å². The van der Waals surface area contributed by atoms with Crippen LogP contribution in [0.2, 0.25) is 0 Å². The van der Waals surface area contributed by atoms with Crippen molar-refractivity contribution < 1.29 is 14.3 Å². The average Bonchev–Trinajstić information content (AvgIpc) is 2.50. The molecule has 0 spiro atoms. The van der Waals surface area contributed by atoms with Crippen LogP contribution in [-0.4, -0.2) is 37.0 Å². The quantitative estimate of drug-likeness (QED) is 0.738. The van der Waals surface area contributed by atoms with Gasteiger partial charge in [0.1, 0.15) is 6.04 Å². The molecule has 0 aromatic heterocycles. The SMILES string of the molecule is COC(=O)C(CCSC)NC(=O)c1cccc(CN)c1. The van der Waals surface area contributed by atoms with Crippen LogP contribution in [0.1, 0.15) is 22.3 Å². The Morgan fingerprint density at radius 2 is 2.20 bits per heavy atom. The summed E-state index contributed by atoms with van der Waals surface area (Å²) in [7, 11) is 1.32. The van der Waals surface area contributed by atoms with Gasteiger partial charge in [-0.05, 0) is 36.1 Å². The van der Waals surface area contributed by atoms with Crippen LogP contribution in [0.5, 0.6) is 0 Å². The molecule has 1 rings (SSSR count). The highest BCUT2D eigenvalue weighted by Crippen LogP contribution is 2.07. The Morgan fingerprint density at radius 3 is 2.80 bits per heavy atom. The zero-order chi connectivity index (χ0) is 15.0. The van der Waals surface area contributed by atoms with Crippen molar-refractivity contribution in [2.45, 2.75) is 19.0 Å². The van der Waals surface area contributed by atoms with Crippen LogP contribution >= 0.6 is 11.8 Å². The van der Waals surface area contributed by atoms with Crippen LogP contribution in [-0.2, 0) is 16.1 Å². The highest BCUT2D eigenvalue weighted by Gasteiger charge is 2.21. The van der Waals surface area contributed by atoms with Gasteiger partial charge in [0.2, 0.25) is 0 Å². The molecule has 3 N–H and O–H groups in total. The number of ether oxygens (including phenoxy) is 1. The molecule has 1 unspecified atom stereocenters. The van der Waals surface area contributed by atoms with Gasteiger partial charge in [-0.3, -0.25) is 4.79 Å². The van der Waals surface area contributed by atoms with Gasteiger partial charge in [-0.15, -0.1) is 0 Å². The van der Waals surface area contributed by atoms with Crippen LogP contribution in [0.3, 0.4) is 0 Å². The molecular weight excluding hydrogens is 276 g/mol. The van der Waals surface area contributed by atoms with Crippen LogP contribution in [0, 0.1) is 0 Å². The number of hydrogen-bond acceptors (Lipinski definition) is 5. The number of methoxy groups -OCH3 is 1. The molecule has 110 valence electrons. The fourth-order valence-corrected chi connectivity index (χ4v) is 2.18.